The Labute approximate surface area is 151 Å². The van der Waals surface area contributed by atoms with Gasteiger partial charge in [-0.25, -0.2) is 0 Å². The predicted molar refractivity (Wildman–Crippen MR) is 101 cm³/mol. The van der Waals surface area contributed by atoms with E-state index in [1.54, 1.807) is 26.2 Å². The molecule has 0 unspecified atom stereocenters. The number of methoxy groups -OCH3 is 1. The highest BCUT2D eigenvalue weighted by atomic mass is 32.1. The number of amides is 1. The molecule has 1 aliphatic heterocycles. The van der Waals surface area contributed by atoms with Gasteiger partial charge in [-0.3, -0.25) is 4.79 Å². The maximum Gasteiger partial charge on any atom is 0.265 e. The topological polar surface area (TPSA) is 71.6 Å². The molecular weight excluding hydrogens is 338 g/mol. The van der Waals surface area contributed by atoms with E-state index in [4.69, 9.17) is 21.7 Å². The summed E-state index contributed by atoms with van der Waals surface area (Å²) in [6.45, 7) is 2.31. The summed E-state index contributed by atoms with van der Waals surface area (Å²) in [6.07, 6.45) is -0.487. The summed E-state index contributed by atoms with van der Waals surface area (Å²) in [4.78, 5) is 11.7. The number of hydrogen-bond acceptors (Lipinski definition) is 4. The van der Waals surface area contributed by atoms with Crippen molar-refractivity contribution in [2.75, 3.05) is 17.7 Å². The van der Waals surface area contributed by atoms with Crippen molar-refractivity contribution in [2.24, 2.45) is 0 Å². The van der Waals surface area contributed by atoms with Gasteiger partial charge in [0.2, 0.25) is 0 Å². The molecule has 3 rings (SSSR count). The SMILES string of the molecule is COc1ccc(CNC(=S)Nc2ccc3c(c2)NC(=O)[C@H](C)O3)cc1. The molecule has 130 valence electrons. The van der Waals surface area contributed by atoms with Crippen LogP contribution in [-0.2, 0) is 11.3 Å². The molecular formula is C18H19N3O3S. The summed E-state index contributed by atoms with van der Waals surface area (Å²) in [5.41, 5.74) is 2.49. The van der Waals surface area contributed by atoms with Gasteiger partial charge in [0.1, 0.15) is 11.5 Å². The molecule has 0 spiro atoms. The molecule has 25 heavy (non-hydrogen) atoms. The van der Waals surface area contributed by atoms with Crippen molar-refractivity contribution in [1.82, 2.24) is 5.32 Å². The summed E-state index contributed by atoms with van der Waals surface area (Å²) < 4.78 is 10.7. The molecule has 0 saturated heterocycles. The summed E-state index contributed by atoms with van der Waals surface area (Å²) in [5.74, 6) is 1.30. The Morgan fingerprint density at radius 1 is 1.28 bits per heavy atom. The number of benzene rings is 2. The third-order valence-electron chi connectivity index (χ3n) is 3.78. The van der Waals surface area contributed by atoms with Crippen LogP contribution in [0.2, 0.25) is 0 Å². The molecule has 0 saturated carbocycles. The Kier molecular flexibility index (Phi) is 5.04. The molecule has 0 fully saturated rings. The fourth-order valence-electron chi connectivity index (χ4n) is 2.39. The molecule has 0 aliphatic carbocycles. The molecule has 0 aromatic heterocycles. The molecule has 2 aromatic rings. The normalized spacial score (nSPS) is 15.4. The minimum absolute atomic E-state index is 0.162. The first kappa shape index (κ1) is 17.0. The Bertz CT molecular complexity index is 793. The zero-order valence-electron chi connectivity index (χ0n) is 14.0. The Hall–Kier alpha value is -2.80. The number of carbonyl (C=O) groups excluding carboxylic acids is 1. The number of hydrogen-bond donors (Lipinski definition) is 3. The van der Waals surface area contributed by atoms with E-state index >= 15 is 0 Å². The number of rotatable bonds is 4. The van der Waals surface area contributed by atoms with Gasteiger partial charge in [0.25, 0.3) is 5.91 Å². The molecule has 1 atom stereocenters. The van der Waals surface area contributed by atoms with E-state index in [2.05, 4.69) is 16.0 Å². The lowest BCUT2D eigenvalue weighted by Gasteiger charge is -2.23. The monoisotopic (exact) mass is 357 g/mol. The quantitative estimate of drug-likeness (QED) is 0.731. The van der Waals surface area contributed by atoms with E-state index in [1.807, 2.05) is 30.3 Å². The second kappa shape index (κ2) is 7.40. The molecule has 0 bridgehead atoms. The van der Waals surface area contributed by atoms with E-state index in [0.717, 1.165) is 17.0 Å². The molecule has 3 N–H and O–H groups in total. The van der Waals surface area contributed by atoms with Crippen molar-refractivity contribution in [3.63, 3.8) is 0 Å². The van der Waals surface area contributed by atoms with Crippen LogP contribution in [0.3, 0.4) is 0 Å². The lowest BCUT2D eigenvalue weighted by atomic mass is 10.2. The standard InChI is InChI=1S/C18H19N3O3S/c1-11-17(22)21-15-9-13(5-8-16(15)24-11)20-18(25)19-10-12-3-6-14(23-2)7-4-12/h3-9,11H,10H2,1-2H3,(H,21,22)(H2,19,20,25)/t11-/m0/s1. The number of carbonyl (C=O) groups is 1. The van der Waals surface area contributed by atoms with Gasteiger partial charge >= 0.3 is 0 Å². The second-order valence-corrected chi connectivity index (χ2v) is 6.02. The highest BCUT2D eigenvalue weighted by Crippen LogP contribution is 2.32. The van der Waals surface area contributed by atoms with E-state index in [9.17, 15) is 4.79 Å². The Morgan fingerprint density at radius 3 is 2.76 bits per heavy atom. The first-order valence-electron chi connectivity index (χ1n) is 7.84. The molecule has 1 aliphatic rings. The van der Waals surface area contributed by atoms with Gasteiger partial charge in [-0.15, -0.1) is 0 Å². The molecule has 6 nitrogen and oxygen atoms in total. The van der Waals surface area contributed by atoms with Crippen molar-refractivity contribution < 1.29 is 14.3 Å². The van der Waals surface area contributed by atoms with E-state index in [1.165, 1.54) is 0 Å². The van der Waals surface area contributed by atoms with Gasteiger partial charge in [-0.2, -0.15) is 0 Å². The van der Waals surface area contributed by atoms with Gasteiger partial charge in [0.15, 0.2) is 11.2 Å². The fraction of sp³-hybridized carbons (Fsp3) is 0.222. The fourth-order valence-corrected chi connectivity index (χ4v) is 2.58. The average molecular weight is 357 g/mol. The van der Waals surface area contributed by atoms with Gasteiger partial charge < -0.3 is 25.4 Å². The average Bonchev–Trinajstić information content (AvgIpc) is 2.61. The number of anilines is 2. The predicted octanol–water partition coefficient (Wildman–Crippen LogP) is 2.90. The second-order valence-electron chi connectivity index (χ2n) is 5.62. The molecule has 0 radical (unpaired) electrons. The van der Waals surface area contributed by atoms with Crippen molar-refractivity contribution in [3.05, 3.63) is 48.0 Å². The lowest BCUT2D eigenvalue weighted by molar-refractivity contribution is -0.122. The maximum absolute atomic E-state index is 11.7. The number of ether oxygens (including phenoxy) is 2. The Balaban J connectivity index is 1.57. The van der Waals surface area contributed by atoms with E-state index in [-0.39, 0.29) is 5.91 Å². The van der Waals surface area contributed by atoms with Crippen molar-refractivity contribution in [2.45, 2.75) is 19.6 Å². The number of fused-ring (bicyclic) bond motifs is 1. The van der Waals surface area contributed by atoms with Crippen LogP contribution in [0.1, 0.15) is 12.5 Å². The van der Waals surface area contributed by atoms with Crippen LogP contribution in [0.15, 0.2) is 42.5 Å². The third-order valence-corrected chi connectivity index (χ3v) is 4.03. The van der Waals surface area contributed by atoms with Gasteiger partial charge in [0, 0.05) is 12.2 Å². The minimum atomic E-state index is -0.487. The van der Waals surface area contributed by atoms with Crippen LogP contribution in [0.5, 0.6) is 11.5 Å². The first-order chi connectivity index (χ1) is 12.0. The summed E-state index contributed by atoms with van der Waals surface area (Å²) in [7, 11) is 1.64. The van der Waals surface area contributed by atoms with Crippen LogP contribution < -0.4 is 25.4 Å². The molecule has 7 heteroatoms. The van der Waals surface area contributed by atoms with Crippen LogP contribution in [0, 0.1) is 0 Å². The van der Waals surface area contributed by atoms with Gasteiger partial charge in [0.05, 0.1) is 12.8 Å². The van der Waals surface area contributed by atoms with E-state index < -0.39 is 6.10 Å². The van der Waals surface area contributed by atoms with Crippen molar-refractivity contribution >= 4 is 34.6 Å². The highest BCUT2D eigenvalue weighted by Gasteiger charge is 2.23. The van der Waals surface area contributed by atoms with E-state index in [0.29, 0.717) is 23.1 Å². The van der Waals surface area contributed by atoms with Crippen molar-refractivity contribution in [1.29, 1.82) is 0 Å². The number of thiocarbonyl (C=S) groups is 1. The van der Waals surface area contributed by atoms with Gasteiger partial charge in [-0.1, -0.05) is 12.1 Å². The lowest BCUT2D eigenvalue weighted by Crippen LogP contribution is -2.34. The van der Waals surface area contributed by atoms with Crippen LogP contribution in [0.25, 0.3) is 0 Å². The first-order valence-corrected chi connectivity index (χ1v) is 8.25. The minimum Gasteiger partial charge on any atom is -0.497 e. The largest absolute Gasteiger partial charge is 0.497 e. The molecule has 1 amide bonds. The summed E-state index contributed by atoms with van der Waals surface area (Å²) in [6, 6.07) is 13.2. The highest BCUT2D eigenvalue weighted by molar-refractivity contribution is 7.80. The van der Waals surface area contributed by atoms with Crippen LogP contribution in [0.4, 0.5) is 11.4 Å². The zero-order valence-corrected chi connectivity index (χ0v) is 14.8. The van der Waals surface area contributed by atoms with Crippen LogP contribution in [-0.4, -0.2) is 24.2 Å². The summed E-state index contributed by atoms with van der Waals surface area (Å²) >= 11 is 5.31. The number of nitrogens with one attached hydrogen (secondary N) is 3. The Morgan fingerprint density at radius 2 is 2.04 bits per heavy atom. The molecule has 2 aromatic carbocycles. The summed E-state index contributed by atoms with van der Waals surface area (Å²) in [5, 5.41) is 9.55. The zero-order chi connectivity index (χ0) is 17.8. The smallest absolute Gasteiger partial charge is 0.265 e. The van der Waals surface area contributed by atoms with Crippen LogP contribution >= 0.6 is 12.2 Å². The third kappa shape index (κ3) is 4.19. The van der Waals surface area contributed by atoms with Crippen molar-refractivity contribution in [3.8, 4) is 11.5 Å². The molecule has 1 heterocycles. The van der Waals surface area contributed by atoms with Gasteiger partial charge in [-0.05, 0) is 55.0 Å². The maximum atomic E-state index is 11.7.